The molecule has 7 nitrogen and oxygen atoms in total. The molecule has 26 heavy (non-hydrogen) atoms. The monoisotopic (exact) mass is 386 g/mol. The molecular weight excluding hydrogens is 373 g/mol. The third-order valence-electron chi connectivity index (χ3n) is 3.73. The molecule has 1 amide bonds. The number of hydrogen-bond donors (Lipinski definition) is 0. The normalized spacial score (nSPS) is 15.2. The summed E-state index contributed by atoms with van der Waals surface area (Å²) >= 11 is -0.346. The van der Waals surface area contributed by atoms with Gasteiger partial charge in [-0.25, -0.2) is 0 Å². The molecule has 0 N–H and O–H groups in total. The second kappa shape index (κ2) is 7.33. The maximum Gasteiger partial charge on any atom is 0.442 e. The molecule has 2 aromatic rings. The zero-order valence-electron chi connectivity index (χ0n) is 13.3. The summed E-state index contributed by atoms with van der Waals surface area (Å²) in [6.45, 7) is 1.12. The maximum atomic E-state index is 12.2. The molecule has 0 spiro atoms. The van der Waals surface area contributed by atoms with Gasteiger partial charge in [-0.05, 0) is 23.9 Å². The standard InChI is InChI=1S/C15H13F3N4O3S/c16-15(17,18)26-9-12(23)21-3-5-22(6-4-21)14-10(8-19)20-13(25-14)11-2-1-7-24-11/h1-2,7H,3-6,9H2. The van der Waals surface area contributed by atoms with Crippen molar-refractivity contribution in [2.24, 2.45) is 0 Å². The molecule has 2 aromatic heterocycles. The zero-order chi connectivity index (χ0) is 18.7. The summed E-state index contributed by atoms with van der Waals surface area (Å²) in [7, 11) is 0. The average molecular weight is 386 g/mol. The number of aromatic nitrogens is 1. The first-order chi connectivity index (χ1) is 12.4. The lowest BCUT2D eigenvalue weighted by Crippen LogP contribution is -2.49. The van der Waals surface area contributed by atoms with Crippen LogP contribution in [0.5, 0.6) is 0 Å². The van der Waals surface area contributed by atoms with Crippen molar-refractivity contribution in [2.45, 2.75) is 5.51 Å². The second-order valence-corrected chi connectivity index (χ2v) is 6.40. The number of rotatable bonds is 4. The third kappa shape index (κ3) is 4.13. The third-order valence-corrected chi connectivity index (χ3v) is 4.44. The Hall–Kier alpha value is -2.61. The van der Waals surface area contributed by atoms with Crippen LogP contribution in [0.25, 0.3) is 11.7 Å². The highest BCUT2D eigenvalue weighted by atomic mass is 32.2. The van der Waals surface area contributed by atoms with Crippen LogP contribution >= 0.6 is 11.8 Å². The van der Waals surface area contributed by atoms with E-state index < -0.39 is 17.2 Å². The van der Waals surface area contributed by atoms with E-state index in [0.29, 0.717) is 18.8 Å². The Labute approximate surface area is 150 Å². The molecule has 1 aliphatic rings. The van der Waals surface area contributed by atoms with Crippen LogP contribution in [-0.2, 0) is 4.79 Å². The highest BCUT2D eigenvalue weighted by Crippen LogP contribution is 2.31. The Morgan fingerprint density at radius 1 is 1.35 bits per heavy atom. The predicted molar refractivity (Wildman–Crippen MR) is 86.2 cm³/mol. The van der Waals surface area contributed by atoms with Crippen LogP contribution in [0.4, 0.5) is 19.1 Å². The van der Waals surface area contributed by atoms with Crippen LogP contribution in [0.15, 0.2) is 27.2 Å². The summed E-state index contributed by atoms with van der Waals surface area (Å²) in [5.74, 6) is -0.401. The van der Waals surface area contributed by atoms with Crippen molar-refractivity contribution in [1.82, 2.24) is 9.88 Å². The minimum atomic E-state index is -4.43. The van der Waals surface area contributed by atoms with Gasteiger partial charge in [0.2, 0.25) is 17.5 Å². The molecule has 11 heteroatoms. The molecule has 3 rings (SSSR count). The fourth-order valence-corrected chi connectivity index (χ4v) is 2.97. The largest absolute Gasteiger partial charge is 0.459 e. The zero-order valence-corrected chi connectivity index (χ0v) is 14.1. The highest BCUT2D eigenvalue weighted by Gasteiger charge is 2.32. The number of oxazole rings is 1. The van der Waals surface area contributed by atoms with E-state index in [2.05, 4.69) is 4.98 Å². The molecule has 138 valence electrons. The Kier molecular flexibility index (Phi) is 5.13. The summed E-state index contributed by atoms with van der Waals surface area (Å²) in [5.41, 5.74) is -4.34. The first-order valence-electron chi connectivity index (χ1n) is 7.55. The first-order valence-corrected chi connectivity index (χ1v) is 8.54. The molecule has 3 heterocycles. The van der Waals surface area contributed by atoms with Crippen LogP contribution in [0.2, 0.25) is 0 Å². The van der Waals surface area contributed by atoms with Crippen molar-refractivity contribution in [3.05, 3.63) is 24.1 Å². The topological polar surface area (TPSA) is 86.5 Å². The number of piperazine rings is 1. The number of carbonyl (C=O) groups is 1. The lowest BCUT2D eigenvalue weighted by Gasteiger charge is -2.34. The molecule has 0 atom stereocenters. The van der Waals surface area contributed by atoms with Gasteiger partial charge in [-0.2, -0.15) is 23.4 Å². The van der Waals surface area contributed by atoms with E-state index in [1.165, 1.54) is 11.2 Å². The van der Waals surface area contributed by atoms with Crippen molar-refractivity contribution < 1.29 is 26.8 Å². The Balaban J connectivity index is 1.63. The summed E-state index contributed by atoms with van der Waals surface area (Å²) in [5, 5.41) is 9.24. The number of alkyl halides is 3. The van der Waals surface area contributed by atoms with E-state index in [1.807, 2.05) is 6.07 Å². The lowest BCUT2D eigenvalue weighted by molar-refractivity contribution is -0.128. The molecular formula is C15H13F3N4O3S. The van der Waals surface area contributed by atoms with Crippen LogP contribution in [-0.4, -0.2) is 53.2 Å². The van der Waals surface area contributed by atoms with Crippen molar-refractivity contribution in [3.63, 3.8) is 0 Å². The SMILES string of the molecule is N#Cc1nc(-c2ccco2)oc1N1CCN(C(=O)CSC(F)(F)F)CC1. The summed E-state index contributed by atoms with van der Waals surface area (Å²) in [6, 6.07) is 5.25. The van der Waals surface area contributed by atoms with Crippen LogP contribution in [0.3, 0.4) is 0 Å². The number of furan rings is 1. The number of thioether (sulfide) groups is 1. The van der Waals surface area contributed by atoms with Gasteiger partial charge in [-0.1, -0.05) is 0 Å². The number of amides is 1. The fraction of sp³-hybridized carbons (Fsp3) is 0.400. The molecule has 0 unspecified atom stereocenters. The molecule has 0 aromatic carbocycles. The van der Waals surface area contributed by atoms with Crippen molar-refractivity contribution in [2.75, 3.05) is 36.8 Å². The second-order valence-electron chi connectivity index (χ2n) is 5.36. The Morgan fingerprint density at radius 2 is 2.08 bits per heavy atom. The van der Waals surface area contributed by atoms with Crippen molar-refractivity contribution in [3.8, 4) is 17.7 Å². The predicted octanol–water partition coefficient (Wildman–Crippen LogP) is 2.71. The van der Waals surface area contributed by atoms with Gasteiger partial charge in [-0.3, -0.25) is 4.79 Å². The Morgan fingerprint density at radius 3 is 2.65 bits per heavy atom. The summed E-state index contributed by atoms with van der Waals surface area (Å²) < 4.78 is 47.4. The van der Waals surface area contributed by atoms with E-state index in [-0.39, 0.29) is 42.3 Å². The molecule has 0 saturated carbocycles. The molecule has 0 bridgehead atoms. The van der Waals surface area contributed by atoms with E-state index in [0.717, 1.165) is 0 Å². The van der Waals surface area contributed by atoms with E-state index >= 15 is 0 Å². The van der Waals surface area contributed by atoms with E-state index in [4.69, 9.17) is 8.83 Å². The minimum absolute atomic E-state index is 0.0869. The van der Waals surface area contributed by atoms with Gasteiger partial charge in [0, 0.05) is 26.2 Å². The van der Waals surface area contributed by atoms with Gasteiger partial charge in [0.1, 0.15) is 6.07 Å². The molecule has 1 aliphatic heterocycles. The van der Waals surface area contributed by atoms with Crippen molar-refractivity contribution in [1.29, 1.82) is 5.26 Å². The summed E-state index contributed by atoms with van der Waals surface area (Å²) in [4.78, 5) is 19.0. The number of anilines is 1. The maximum absolute atomic E-state index is 12.2. The number of nitriles is 1. The lowest BCUT2D eigenvalue weighted by atomic mass is 10.3. The van der Waals surface area contributed by atoms with Crippen molar-refractivity contribution >= 4 is 23.6 Å². The fourth-order valence-electron chi connectivity index (χ4n) is 2.50. The minimum Gasteiger partial charge on any atom is -0.459 e. The molecule has 0 aliphatic carbocycles. The Bertz CT molecular complexity index is 805. The van der Waals surface area contributed by atoms with Gasteiger partial charge >= 0.3 is 5.51 Å². The van der Waals surface area contributed by atoms with Crippen LogP contribution in [0.1, 0.15) is 5.69 Å². The van der Waals surface area contributed by atoms with Crippen LogP contribution < -0.4 is 4.90 Å². The molecule has 0 radical (unpaired) electrons. The highest BCUT2D eigenvalue weighted by molar-refractivity contribution is 8.00. The number of hydrogen-bond acceptors (Lipinski definition) is 7. The average Bonchev–Trinajstić information content (AvgIpc) is 3.28. The van der Waals surface area contributed by atoms with Gasteiger partial charge in [0.15, 0.2) is 5.76 Å². The van der Waals surface area contributed by atoms with E-state index in [9.17, 15) is 23.2 Å². The smallest absolute Gasteiger partial charge is 0.442 e. The quantitative estimate of drug-likeness (QED) is 0.798. The van der Waals surface area contributed by atoms with Crippen LogP contribution in [0, 0.1) is 11.3 Å². The molecule has 1 saturated heterocycles. The molecule has 1 fully saturated rings. The van der Waals surface area contributed by atoms with Gasteiger partial charge in [0.05, 0.1) is 12.0 Å². The number of halogens is 3. The van der Waals surface area contributed by atoms with Gasteiger partial charge in [0.25, 0.3) is 5.89 Å². The van der Waals surface area contributed by atoms with E-state index in [1.54, 1.807) is 17.0 Å². The summed E-state index contributed by atoms with van der Waals surface area (Å²) in [6.07, 6.45) is 1.45. The van der Waals surface area contributed by atoms with Gasteiger partial charge < -0.3 is 18.6 Å². The number of carbonyl (C=O) groups excluding carboxylic acids is 1. The van der Waals surface area contributed by atoms with Gasteiger partial charge in [-0.15, -0.1) is 0 Å². The first kappa shape index (κ1) is 18.2. The number of nitrogens with zero attached hydrogens (tertiary/aromatic N) is 4.